The van der Waals surface area contributed by atoms with Crippen molar-refractivity contribution in [1.82, 2.24) is 19.6 Å². The summed E-state index contributed by atoms with van der Waals surface area (Å²) in [6.45, 7) is 9.18. The highest BCUT2D eigenvalue weighted by molar-refractivity contribution is 5.94. The van der Waals surface area contributed by atoms with Gasteiger partial charge in [-0.15, -0.1) is 0 Å². The van der Waals surface area contributed by atoms with Crippen LogP contribution in [0.2, 0.25) is 0 Å². The molecule has 0 bridgehead atoms. The molecule has 1 N–H and O–H groups in total. The number of carbonyl (C=O) groups is 1. The predicted octanol–water partition coefficient (Wildman–Crippen LogP) is 4.58. The van der Waals surface area contributed by atoms with E-state index in [9.17, 15) is 18.0 Å². The zero-order chi connectivity index (χ0) is 22.2. The summed E-state index contributed by atoms with van der Waals surface area (Å²) in [5.74, 6) is -0.462. The van der Waals surface area contributed by atoms with Crippen LogP contribution in [-0.4, -0.2) is 25.5 Å². The molecular weight excluding hydrogens is 395 g/mol. The molecule has 0 saturated heterocycles. The molecule has 2 aromatic heterocycles. The van der Waals surface area contributed by atoms with E-state index in [1.165, 1.54) is 13.8 Å². The molecule has 3 rings (SSSR count). The van der Waals surface area contributed by atoms with E-state index < -0.39 is 23.8 Å². The van der Waals surface area contributed by atoms with Crippen LogP contribution < -0.4 is 5.32 Å². The fourth-order valence-electron chi connectivity index (χ4n) is 3.26. The van der Waals surface area contributed by atoms with Gasteiger partial charge in [-0.3, -0.25) is 14.2 Å². The minimum Gasteiger partial charge on any atom is -0.321 e. The fourth-order valence-corrected chi connectivity index (χ4v) is 3.26. The van der Waals surface area contributed by atoms with Gasteiger partial charge in [-0.1, -0.05) is 29.8 Å². The summed E-state index contributed by atoms with van der Waals surface area (Å²) in [7, 11) is 0. The summed E-state index contributed by atoms with van der Waals surface area (Å²) in [6.07, 6.45) is -4.56. The number of anilines is 1. The predicted molar refractivity (Wildman–Crippen MR) is 107 cm³/mol. The number of rotatable bonds is 5. The number of hydrogen-bond acceptors (Lipinski definition) is 3. The Labute approximate surface area is 172 Å². The lowest BCUT2D eigenvalue weighted by atomic mass is 10.1. The standard InChI is InChI=1S/C21H24F3N5O/c1-12-6-8-17(9-7-12)11-28-15(4)19(14(3)26-28)25-20(30)16(5)29-13(2)10-18(27-29)21(22,23)24/h6-10,16H,11H2,1-5H3,(H,25,30). The van der Waals surface area contributed by atoms with E-state index in [1.807, 2.05) is 38.1 Å². The van der Waals surface area contributed by atoms with Crippen LogP contribution in [-0.2, 0) is 17.5 Å². The van der Waals surface area contributed by atoms with Gasteiger partial charge in [-0.25, -0.2) is 0 Å². The van der Waals surface area contributed by atoms with Crippen LogP contribution in [0.15, 0.2) is 30.3 Å². The van der Waals surface area contributed by atoms with Gasteiger partial charge in [0.25, 0.3) is 0 Å². The number of carbonyl (C=O) groups excluding carboxylic acids is 1. The molecule has 0 aliphatic rings. The van der Waals surface area contributed by atoms with Crippen LogP contribution in [0.5, 0.6) is 0 Å². The number of nitrogens with zero attached hydrogens (tertiary/aromatic N) is 4. The summed E-state index contributed by atoms with van der Waals surface area (Å²) >= 11 is 0. The van der Waals surface area contributed by atoms with Crippen molar-refractivity contribution in [3.63, 3.8) is 0 Å². The number of hydrogen-bond donors (Lipinski definition) is 1. The molecule has 0 saturated carbocycles. The quantitative estimate of drug-likeness (QED) is 0.658. The van der Waals surface area contributed by atoms with Crippen LogP contribution in [0.1, 0.15) is 46.9 Å². The van der Waals surface area contributed by atoms with Gasteiger partial charge in [-0.05, 0) is 46.2 Å². The first-order chi connectivity index (χ1) is 14.0. The molecule has 0 spiro atoms. The largest absolute Gasteiger partial charge is 0.435 e. The van der Waals surface area contributed by atoms with E-state index in [0.29, 0.717) is 17.9 Å². The highest BCUT2D eigenvalue weighted by atomic mass is 19.4. The summed E-state index contributed by atoms with van der Waals surface area (Å²) in [6, 6.07) is 8.09. The molecule has 1 aromatic carbocycles. The Morgan fingerprint density at radius 1 is 1.10 bits per heavy atom. The van der Waals surface area contributed by atoms with Gasteiger partial charge in [0, 0.05) is 5.69 Å². The maximum atomic E-state index is 12.9. The first-order valence-corrected chi connectivity index (χ1v) is 9.51. The van der Waals surface area contributed by atoms with Crippen molar-refractivity contribution in [3.8, 4) is 0 Å². The number of aromatic nitrogens is 4. The molecular formula is C21H24F3N5O. The highest BCUT2D eigenvalue weighted by Gasteiger charge is 2.35. The number of alkyl halides is 3. The van der Waals surface area contributed by atoms with Crippen molar-refractivity contribution >= 4 is 11.6 Å². The molecule has 3 aromatic rings. The van der Waals surface area contributed by atoms with Crippen LogP contribution in [0.4, 0.5) is 18.9 Å². The molecule has 1 unspecified atom stereocenters. The highest BCUT2D eigenvalue weighted by Crippen LogP contribution is 2.29. The lowest BCUT2D eigenvalue weighted by Gasteiger charge is -2.15. The Bertz CT molecular complexity index is 1060. The molecule has 2 heterocycles. The van der Waals surface area contributed by atoms with Gasteiger partial charge < -0.3 is 5.32 Å². The Morgan fingerprint density at radius 3 is 2.30 bits per heavy atom. The maximum Gasteiger partial charge on any atom is 0.435 e. The van der Waals surface area contributed by atoms with Crippen molar-refractivity contribution < 1.29 is 18.0 Å². The Hall–Kier alpha value is -3.10. The van der Waals surface area contributed by atoms with E-state index in [-0.39, 0.29) is 5.69 Å². The second-order valence-corrected chi connectivity index (χ2v) is 7.47. The first kappa shape index (κ1) is 21.6. The first-order valence-electron chi connectivity index (χ1n) is 9.51. The summed E-state index contributed by atoms with van der Waals surface area (Å²) < 4.78 is 41.6. The second-order valence-electron chi connectivity index (χ2n) is 7.47. The maximum absolute atomic E-state index is 12.9. The van der Waals surface area contributed by atoms with E-state index in [0.717, 1.165) is 27.6 Å². The molecule has 9 heteroatoms. The topological polar surface area (TPSA) is 64.7 Å². The van der Waals surface area contributed by atoms with Crippen LogP contribution >= 0.6 is 0 Å². The third kappa shape index (κ3) is 4.39. The fraction of sp³-hybridized carbons (Fsp3) is 0.381. The van der Waals surface area contributed by atoms with Gasteiger partial charge in [0.05, 0.1) is 23.6 Å². The number of benzene rings is 1. The number of nitrogens with one attached hydrogen (secondary N) is 1. The number of halogens is 3. The van der Waals surface area contributed by atoms with Crippen LogP contribution in [0.25, 0.3) is 0 Å². The second kappa shape index (κ2) is 7.97. The van der Waals surface area contributed by atoms with E-state index >= 15 is 0 Å². The summed E-state index contributed by atoms with van der Waals surface area (Å²) in [5, 5.41) is 10.9. The zero-order valence-electron chi connectivity index (χ0n) is 17.5. The average Bonchev–Trinajstić information content (AvgIpc) is 3.18. The minimum atomic E-state index is -4.56. The Kier molecular flexibility index (Phi) is 5.74. The summed E-state index contributed by atoms with van der Waals surface area (Å²) in [5.41, 5.74) is 3.43. The summed E-state index contributed by atoms with van der Waals surface area (Å²) in [4.78, 5) is 12.7. The third-order valence-electron chi connectivity index (χ3n) is 5.04. The van der Waals surface area contributed by atoms with E-state index in [2.05, 4.69) is 15.5 Å². The van der Waals surface area contributed by atoms with Crippen molar-refractivity contribution in [2.75, 3.05) is 5.32 Å². The van der Waals surface area contributed by atoms with Gasteiger partial charge in [-0.2, -0.15) is 23.4 Å². The lowest BCUT2D eigenvalue weighted by molar-refractivity contribution is -0.141. The smallest absolute Gasteiger partial charge is 0.321 e. The van der Waals surface area contributed by atoms with Crippen LogP contribution in [0, 0.1) is 27.7 Å². The number of aryl methyl sites for hydroxylation is 3. The molecule has 0 radical (unpaired) electrons. The van der Waals surface area contributed by atoms with Gasteiger partial charge in [0.15, 0.2) is 5.69 Å². The van der Waals surface area contributed by atoms with Crippen molar-refractivity contribution in [3.05, 3.63) is 64.2 Å². The van der Waals surface area contributed by atoms with Gasteiger partial charge >= 0.3 is 6.18 Å². The normalized spacial score (nSPS) is 12.8. The Morgan fingerprint density at radius 2 is 1.73 bits per heavy atom. The van der Waals surface area contributed by atoms with Crippen molar-refractivity contribution in [1.29, 1.82) is 0 Å². The number of amides is 1. The molecule has 0 fully saturated rings. The molecule has 0 aliphatic heterocycles. The van der Waals surface area contributed by atoms with Crippen LogP contribution in [0.3, 0.4) is 0 Å². The van der Waals surface area contributed by atoms with Crippen molar-refractivity contribution in [2.45, 2.75) is 53.4 Å². The van der Waals surface area contributed by atoms with E-state index in [1.54, 1.807) is 11.6 Å². The molecule has 6 nitrogen and oxygen atoms in total. The third-order valence-corrected chi connectivity index (χ3v) is 5.04. The SMILES string of the molecule is Cc1ccc(Cn2nc(C)c(NC(=O)C(C)n3nc(C(F)(F)F)cc3C)c2C)cc1. The minimum absolute atomic E-state index is 0.258. The lowest BCUT2D eigenvalue weighted by Crippen LogP contribution is -2.26. The molecule has 0 aliphatic carbocycles. The molecule has 160 valence electrons. The average molecular weight is 419 g/mol. The van der Waals surface area contributed by atoms with Gasteiger partial charge in [0.2, 0.25) is 5.91 Å². The molecule has 30 heavy (non-hydrogen) atoms. The molecule has 1 atom stereocenters. The van der Waals surface area contributed by atoms with E-state index in [4.69, 9.17) is 0 Å². The zero-order valence-corrected chi connectivity index (χ0v) is 17.5. The van der Waals surface area contributed by atoms with Gasteiger partial charge in [0.1, 0.15) is 6.04 Å². The monoisotopic (exact) mass is 419 g/mol. The van der Waals surface area contributed by atoms with Crippen molar-refractivity contribution in [2.24, 2.45) is 0 Å². The molecule has 1 amide bonds. The Balaban J connectivity index is 1.79.